The van der Waals surface area contributed by atoms with Gasteiger partial charge in [0.1, 0.15) is 0 Å². The van der Waals surface area contributed by atoms with Crippen LogP contribution in [0.1, 0.15) is 18.4 Å². The molecule has 0 aliphatic carbocycles. The van der Waals surface area contributed by atoms with Gasteiger partial charge < -0.3 is 4.90 Å². The largest absolute Gasteiger partial charge is 0.309 e. The predicted molar refractivity (Wildman–Crippen MR) is 135 cm³/mol. The minimum absolute atomic E-state index is 0. The number of carbonyl (C=O) groups excluding carboxylic acids is 1. The number of hydrogen-bond acceptors (Lipinski definition) is 6. The van der Waals surface area contributed by atoms with E-state index in [1.807, 2.05) is 39.2 Å². The van der Waals surface area contributed by atoms with E-state index < -0.39 is 9.84 Å². The lowest BCUT2D eigenvalue weighted by molar-refractivity contribution is -0.118. The predicted octanol–water partition coefficient (Wildman–Crippen LogP) is 4.83. The molecule has 0 unspecified atom stereocenters. The van der Waals surface area contributed by atoms with Crippen molar-refractivity contribution in [3.8, 4) is 0 Å². The fraction of sp³-hybridized carbons (Fsp3) is 0.364. The van der Waals surface area contributed by atoms with Gasteiger partial charge in [0.25, 0.3) is 0 Å². The van der Waals surface area contributed by atoms with Crippen molar-refractivity contribution < 1.29 is 13.2 Å². The Morgan fingerprint density at radius 2 is 1.78 bits per heavy atom. The summed E-state index contributed by atoms with van der Waals surface area (Å²) in [6, 6.07) is 12.0. The van der Waals surface area contributed by atoms with Crippen LogP contribution in [0.5, 0.6) is 0 Å². The van der Waals surface area contributed by atoms with Gasteiger partial charge in [0.05, 0.1) is 20.9 Å². The summed E-state index contributed by atoms with van der Waals surface area (Å²) in [4.78, 5) is 21.6. The normalized spacial score (nSPS) is 11.5. The second-order valence-corrected chi connectivity index (χ2v) is 11.2. The molecule has 3 rings (SSSR count). The second-order valence-electron chi connectivity index (χ2n) is 7.69. The number of halogens is 2. The van der Waals surface area contributed by atoms with Gasteiger partial charge in [0.2, 0.25) is 5.91 Å². The van der Waals surface area contributed by atoms with Crippen LogP contribution in [0.2, 0.25) is 5.02 Å². The highest BCUT2D eigenvalue weighted by Gasteiger charge is 2.23. The number of carbonyl (C=O) groups is 1. The number of thiazole rings is 1. The molecule has 10 heteroatoms. The van der Waals surface area contributed by atoms with Gasteiger partial charge in [-0.1, -0.05) is 29.0 Å². The number of aryl methyl sites for hydroxylation is 1. The van der Waals surface area contributed by atoms with Crippen molar-refractivity contribution >= 4 is 66.4 Å². The van der Waals surface area contributed by atoms with Crippen LogP contribution in [0.3, 0.4) is 0 Å². The Labute approximate surface area is 204 Å². The van der Waals surface area contributed by atoms with E-state index in [-0.39, 0.29) is 35.4 Å². The number of hydrogen-bond donors (Lipinski definition) is 0. The Morgan fingerprint density at radius 1 is 1.09 bits per heavy atom. The topological polar surface area (TPSA) is 70.6 Å². The van der Waals surface area contributed by atoms with Crippen LogP contribution >= 0.6 is 35.3 Å². The molecule has 0 bridgehead atoms. The molecule has 174 valence electrons. The third-order valence-corrected chi connectivity index (χ3v) is 7.83. The highest BCUT2D eigenvalue weighted by Crippen LogP contribution is 2.30. The third kappa shape index (κ3) is 6.89. The first-order valence-electron chi connectivity index (χ1n) is 9.96. The van der Waals surface area contributed by atoms with E-state index in [1.54, 1.807) is 4.90 Å². The molecule has 0 atom stereocenters. The molecule has 0 saturated carbocycles. The summed E-state index contributed by atoms with van der Waals surface area (Å²) >= 11 is 7.30. The summed E-state index contributed by atoms with van der Waals surface area (Å²) in [6.07, 6.45) is 0.652. The van der Waals surface area contributed by atoms with Gasteiger partial charge in [-0.25, -0.2) is 13.4 Å². The minimum atomic E-state index is -3.58. The van der Waals surface area contributed by atoms with Gasteiger partial charge in [-0.15, -0.1) is 12.4 Å². The van der Waals surface area contributed by atoms with Crippen molar-refractivity contribution in [1.82, 2.24) is 9.88 Å². The van der Waals surface area contributed by atoms with Gasteiger partial charge in [-0.2, -0.15) is 0 Å². The molecule has 0 saturated heterocycles. The van der Waals surface area contributed by atoms with Crippen molar-refractivity contribution in [2.45, 2.75) is 24.7 Å². The molecular weight excluding hydrogens is 489 g/mol. The molecule has 6 nitrogen and oxygen atoms in total. The number of rotatable bonds is 9. The summed E-state index contributed by atoms with van der Waals surface area (Å²) in [5.41, 5.74) is 1.96. The molecule has 1 heterocycles. The SMILES string of the molecule is Cc1ccc2nc(N(CCCN(C)C)C(=O)CCS(=O)(=O)c3ccc(Cl)cc3)sc2c1.Cl. The van der Waals surface area contributed by atoms with Crippen molar-refractivity contribution in [1.29, 1.82) is 0 Å². The average Bonchev–Trinajstić information content (AvgIpc) is 3.12. The maximum Gasteiger partial charge on any atom is 0.229 e. The van der Waals surface area contributed by atoms with Gasteiger partial charge in [-0.05, 0) is 75.9 Å². The summed E-state index contributed by atoms with van der Waals surface area (Å²) in [7, 11) is 0.372. The number of amides is 1. The van der Waals surface area contributed by atoms with Crippen molar-refractivity contribution in [3.63, 3.8) is 0 Å². The quantitative estimate of drug-likeness (QED) is 0.408. The van der Waals surface area contributed by atoms with Crippen LogP contribution in [0.4, 0.5) is 5.13 Å². The highest BCUT2D eigenvalue weighted by molar-refractivity contribution is 7.91. The second kappa shape index (κ2) is 11.4. The zero-order valence-electron chi connectivity index (χ0n) is 18.2. The van der Waals surface area contributed by atoms with Crippen LogP contribution in [-0.2, 0) is 14.6 Å². The van der Waals surface area contributed by atoms with Gasteiger partial charge >= 0.3 is 0 Å². The number of anilines is 1. The molecule has 1 aromatic heterocycles. The molecule has 1 amide bonds. The van der Waals surface area contributed by atoms with Crippen LogP contribution in [0.25, 0.3) is 10.2 Å². The number of benzene rings is 2. The van der Waals surface area contributed by atoms with Gasteiger partial charge in [0, 0.05) is 18.0 Å². The van der Waals surface area contributed by atoms with Gasteiger partial charge in [-0.3, -0.25) is 9.69 Å². The number of aromatic nitrogens is 1. The van der Waals surface area contributed by atoms with E-state index >= 15 is 0 Å². The third-order valence-electron chi connectivity index (χ3n) is 4.81. The Hall–Kier alpha value is -1.71. The number of nitrogens with zero attached hydrogens (tertiary/aromatic N) is 3. The van der Waals surface area contributed by atoms with Crippen LogP contribution < -0.4 is 4.90 Å². The maximum atomic E-state index is 13.1. The minimum Gasteiger partial charge on any atom is -0.309 e. The number of sulfone groups is 1. The Balaban J connectivity index is 0.00000363. The Bertz CT molecular complexity index is 1160. The zero-order valence-corrected chi connectivity index (χ0v) is 21.5. The van der Waals surface area contributed by atoms with Gasteiger partial charge in [0.15, 0.2) is 15.0 Å². The van der Waals surface area contributed by atoms with E-state index in [2.05, 4.69) is 9.88 Å². The van der Waals surface area contributed by atoms with Crippen LogP contribution in [-0.4, -0.2) is 57.1 Å². The Morgan fingerprint density at radius 3 is 2.44 bits per heavy atom. The molecule has 0 aliphatic rings. The monoisotopic (exact) mass is 515 g/mol. The summed E-state index contributed by atoms with van der Waals surface area (Å²) in [5.74, 6) is -0.506. The average molecular weight is 517 g/mol. The molecule has 0 spiro atoms. The highest BCUT2D eigenvalue weighted by atomic mass is 35.5. The fourth-order valence-corrected chi connectivity index (χ4v) is 5.59. The molecule has 0 N–H and O–H groups in total. The molecule has 3 aromatic rings. The molecule has 0 radical (unpaired) electrons. The molecular formula is C22H27Cl2N3O3S2. The molecule has 0 aliphatic heterocycles. The summed E-state index contributed by atoms with van der Waals surface area (Å²) in [5, 5.41) is 1.07. The number of fused-ring (bicyclic) bond motifs is 1. The van der Waals surface area contributed by atoms with E-state index in [4.69, 9.17) is 11.6 Å². The van der Waals surface area contributed by atoms with E-state index in [1.165, 1.54) is 35.6 Å². The fourth-order valence-electron chi connectivity index (χ4n) is 3.12. The van der Waals surface area contributed by atoms with Crippen LogP contribution in [0, 0.1) is 6.92 Å². The first-order chi connectivity index (χ1) is 14.7. The molecule has 32 heavy (non-hydrogen) atoms. The van der Waals surface area contributed by atoms with Crippen molar-refractivity contribution in [2.24, 2.45) is 0 Å². The first kappa shape index (κ1) is 26.5. The van der Waals surface area contributed by atoms with Crippen LogP contribution in [0.15, 0.2) is 47.4 Å². The Kier molecular flexibility index (Phi) is 9.48. The lowest BCUT2D eigenvalue weighted by atomic mass is 10.2. The van der Waals surface area contributed by atoms with E-state index in [0.717, 1.165) is 28.7 Å². The summed E-state index contributed by atoms with van der Waals surface area (Å²) in [6.45, 7) is 3.31. The smallest absolute Gasteiger partial charge is 0.229 e. The molecule has 2 aromatic carbocycles. The van der Waals surface area contributed by atoms with Crippen molar-refractivity contribution in [3.05, 3.63) is 53.1 Å². The van der Waals surface area contributed by atoms with E-state index in [0.29, 0.717) is 16.7 Å². The molecule has 0 fully saturated rings. The maximum absolute atomic E-state index is 13.1. The first-order valence-corrected chi connectivity index (χ1v) is 12.8. The van der Waals surface area contributed by atoms with E-state index in [9.17, 15) is 13.2 Å². The van der Waals surface area contributed by atoms with Crippen molar-refractivity contribution in [2.75, 3.05) is 37.8 Å². The lowest BCUT2D eigenvalue weighted by Crippen LogP contribution is -2.34. The lowest BCUT2D eigenvalue weighted by Gasteiger charge is -2.21. The zero-order chi connectivity index (χ0) is 22.6. The standard InChI is InChI=1S/C22H26ClN3O3S2.ClH/c1-16-5-10-19-20(15-16)30-22(24-19)26(13-4-12-25(2)3)21(27)11-14-31(28,29)18-8-6-17(23)7-9-18;/h5-10,15H,4,11-14H2,1-3H3;1H. The summed E-state index contributed by atoms with van der Waals surface area (Å²) < 4.78 is 26.3.